The van der Waals surface area contributed by atoms with E-state index in [2.05, 4.69) is 5.10 Å². The summed E-state index contributed by atoms with van der Waals surface area (Å²) in [7, 11) is 1.45. The van der Waals surface area contributed by atoms with Gasteiger partial charge in [0.25, 0.3) is 9.05 Å². The third kappa shape index (κ3) is 2.25. The van der Waals surface area contributed by atoms with Gasteiger partial charge in [-0.3, -0.25) is 4.68 Å². The molecule has 1 heterocycles. The zero-order valence-corrected chi connectivity index (χ0v) is 9.20. The van der Waals surface area contributed by atoms with E-state index in [0.29, 0.717) is 4.68 Å². The molecule has 0 aliphatic rings. The van der Waals surface area contributed by atoms with Crippen molar-refractivity contribution in [3.8, 4) is 0 Å². The van der Waals surface area contributed by atoms with E-state index in [4.69, 9.17) is 10.7 Å². The molecule has 0 saturated heterocycles. The van der Waals surface area contributed by atoms with Crippen molar-refractivity contribution in [2.75, 3.05) is 0 Å². The normalized spacial score (nSPS) is 13.2. The molecule has 0 radical (unpaired) electrons. The van der Waals surface area contributed by atoms with Crippen molar-refractivity contribution in [2.24, 2.45) is 7.05 Å². The van der Waals surface area contributed by atoms with Gasteiger partial charge >= 0.3 is 6.18 Å². The molecule has 0 aliphatic carbocycles. The van der Waals surface area contributed by atoms with E-state index >= 15 is 0 Å². The summed E-state index contributed by atoms with van der Waals surface area (Å²) in [5.41, 5.74) is -1.64. The van der Waals surface area contributed by atoms with Crippen molar-refractivity contribution >= 4 is 19.7 Å². The summed E-state index contributed by atoms with van der Waals surface area (Å²) < 4.78 is 59.7. The standard InChI is InChI=1S/C6H6ClF3N2O2S/c1-3-4(15(7,13)14)5(6(8,9)10)12(2)11-3/h1-2H3. The van der Waals surface area contributed by atoms with Crippen LogP contribution in [-0.4, -0.2) is 18.2 Å². The number of aryl methyl sites for hydroxylation is 2. The van der Waals surface area contributed by atoms with E-state index in [1.54, 1.807) is 0 Å². The minimum Gasteiger partial charge on any atom is -0.262 e. The summed E-state index contributed by atoms with van der Waals surface area (Å²) in [4.78, 5) is -0.987. The molecule has 1 rings (SSSR count). The van der Waals surface area contributed by atoms with Gasteiger partial charge in [-0.2, -0.15) is 18.3 Å². The topological polar surface area (TPSA) is 52.0 Å². The van der Waals surface area contributed by atoms with Gasteiger partial charge in [0.15, 0.2) is 5.69 Å². The number of hydrogen-bond donors (Lipinski definition) is 0. The SMILES string of the molecule is Cc1nn(C)c(C(F)(F)F)c1S(=O)(=O)Cl. The molecule has 0 spiro atoms. The molecule has 0 amide bonds. The van der Waals surface area contributed by atoms with E-state index in [0.717, 1.165) is 14.0 Å². The second-order valence-corrected chi connectivity index (χ2v) is 5.33. The summed E-state index contributed by atoms with van der Waals surface area (Å²) in [6.07, 6.45) is -4.81. The number of alkyl halides is 3. The van der Waals surface area contributed by atoms with Crippen LogP contribution in [0, 0.1) is 6.92 Å². The van der Waals surface area contributed by atoms with Gasteiger partial charge in [0.05, 0.1) is 5.69 Å². The molecular weight excluding hydrogens is 257 g/mol. The quantitative estimate of drug-likeness (QED) is 0.724. The summed E-state index contributed by atoms with van der Waals surface area (Å²) >= 11 is 0. The highest BCUT2D eigenvalue weighted by Gasteiger charge is 2.42. The molecule has 0 unspecified atom stereocenters. The molecule has 0 aromatic carbocycles. The fourth-order valence-corrected chi connectivity index (χ4v) is 2.67. The number of rotatable bonds is 1. The molecular formula is C6H6ClF3N2O2S. The first kappa shape index (κ1) is 12.3. The molecule has 0 aliphatic heterocycles. The Hall–Kier alpha value is -0.760. The lowest BCUT2D eigenvalue weighted by Gasteiger charge is -2.07. The third-order valence-electron chi connectivity index (χ3n) is 1.68. The number of nitrogens with zero attached hydrogens (tertiary/aromatic N) is 2. The summed E-state index contributed by atoms with van der Waals surface area (Å²) in [6, 6.07) is 0. The van der Waals surface area contributed by atoms with Crippen molar-refractivity contribution in [2.45, 2.75) is 18.0 Å². The summed E-state index contributed by atoms with van der Waals surface area (Å²) in [6.45, 7) is 1.14. The summed E-state index contributed by atoms with van der Waals surface area (Å²) in [5.74, 6) is 0. The lowest BCUT2D eigenvalue weighted by atomic mass is 10.3. The van der Waals surface area contributed by atoms with Crippen molar-refractivity contribution < 1.29 is 21.6 Å². The molecule has 0 fully saturated rings. The minimum absolute atomic E-state index is 0.278. The van der Waals surface area contributed by atoms with Crippen LogP contribution >= 0.6 is 10.7 Å². The Balaban J connectivity index is 3.66. The van der Waals surface area contributed by atoms with Gasteiger partial charge in [-0.1, -0.05) is 0 Å². The highest BCUT2D eigenvalue weighted by Crippen LogP contribution is 2.36. The van der Waals surface area contributed by atoms with Gasteiger partial charge in [-0.05, 0) is 6.92 Å². The Morgan fingerprint density at radius 1 is 1.40 bits per heavy atom. The first-order valence-electron chi connectivity index (χ1n) is 3.60. The molecule has 86 valence electrons. The minimum atomic E-state index is -4.81. The van der Waals surface area contributed by atoms with Crippen LogP contribution in [0.4, 0.5) is 13.2 Å². The number of halogens is 4. The van der Waals surface area contributed by atoms with Gasteiger partial charge in [0.2, 0.25) is 0 Å². The third-order valence-corrected chi connectivity index (χ3v) is 3.12. The Kier molecular flexibility index (Phi) is 2.77. The van der Waals surface area contributed by atoms with Crippen LogP contribution in [0.3, 0.4) is 0 Å². The fourth-order valence-electron chi connectivity index (χ4n) is 1.24. The van der Waals surface area contributed by atoms with Crippen LogP contribution in [0.1, 0.15) is 11.4 Å². The molecule has 4 nitrogen and oxygen atoms in total. The van der Waals surface area contributed by atoms with Crippen molar-refractivity contribution in [3.63, 3.8) is 0 Å². The van der Waals surface area contributed by atoms with Gasteiger partial charge < -0.3 is 0 Å². The molecule has 1 aromatic rings. The molecule has 0 atom stereocenters. The second kappa shape index (κ2) is 3.38. The van der Waals surface area contributed by atoms with Crippen LogP contribution in [0.15, 0.2) is 4.90 Å². The van der Waals surface area contributed by atoms with Gasteiger partial charge in [0.1, 0.15) is 4.90 Å². The van der Waals surface area contributed by atoms with E-state index < -0.39 is 25.8 Å². The smallest absolute Gasteiger partial charge is 0.262 e. The highest BCUT2D eigenvalue weighted by atomic mass is 35.7. The zero-order chi connectivity index (χ0) is 12.0. The van der Waals surface area contributed by atoms with Crippen LogP contribution < -0.4 is 0 Å². The van der Waals surface area contributed by atoms with E-state index in [1.165, 1.54) is 0 Å². The Morgan fingerprint density at radius 3 is 2.13 bits per heavy atom. The average Bonchev–Trinajstić information content (AvgIpc) is 2.22. The van der Waals surface area contributed by atoms with Crippen LogP contribution in [0.2, 0.25) is 0 Å². The average molecular weight is 263 g/mol. The first-order chi connectivity index (χ1) is 6.55. The number of aromatic nitrogens is 2. The maximum atomic E-state index is 12.5. The fraction of sp³-hybridized carbons (Fsp3) is 0.500. The Bertz CT molecular complexity index is 491. The molecule has 0 saturated carbocycles. The van der Waals surface area contributed by atoms with E-state index in [-0.39, 0.29) is 5.69 Å². The van der Waals surface area contributed by atoms with Gasteiger partial charge in [-0.15, -0.1) is 0 Å². The first-order valence-corrected chi connectivity index (χ1v) is 5.91. The number of hydrogen-bond acceptors (Lipinski definition) is 3. The maximum absolute atomic E-state index is 12.5. The summed E-state index contributed by atoms with van der Waals surface area (Å²) in [5, 5.41) is 3.38. The molecule has 0 N–H and O–H groups in total. The predicted octanol–water partition coefficient (Wildman–Crippen LogP) is 1.67. The van der Waals surface area contributed by atoms with Crippen LogP contribution in [0.25, 0.3) is 0 Å². The van der Waals surface area contributed by atoms with Gasteiger partial charge in [-0.25, -0.2) is 8.42 Å². The monoisotopic (exact) mass is 262 g/mol. The zero-order valence-electron chi connectivity index (χ0n) is 7.63. The van der Waals surface area contributed by atoms with Crippen molar-refractivity contribution in [1.82, 2.24) is 9.78 Å². The van der Waals surface area contributed by atoms with Crippen molar-refractivity contribution in [3.05, 3.63) is 11.4 Å². The Labute approximate surface area is 88.1 Å². The lowest BCUT2D eigenvalue weighted by Crippen LogP contribution is -2.15. The molecule has 1 aromatic heterocycles. The second-order valence-electron chi connectivity index (χ2n) is 2.82. The maximum Gasteiger partial charge on any atom is 0.434 e. The molecule has 15 heavy (non-hydrogen) atoms. The van der Waals surface area contributed by atoms with Crippen molar-refractivity contribution in [1.29, 1.82) is 0 Å². The van der Waals surface area contributed by atoms with Crippen LogP contribution in [0.5, 0.6) is 0 Å². The molecule has 0 bridgehead atoms. The van der Waals surface area contributed by atoms with E-state index in [1.807, 2.05) is 0 Å². The lowest BCUT2D eigenvalue weighted by molar-refractivity contribution is -0.146. The predicted molar refractivity (Wildman–Crippen MR) is 46.0 cm³/mol. The van der Waals surface area contributed by atoms with Crippen LogP contribution in [-0.2, 0) is 22.3 Å². The van der Waals surface area contributed by atoms with Gasteiger partial charge in [0, 0.05) is 17.7 Å². The molecule has 9 heteroatoms. The Morgan fingerprint density at radius 2 is 1.87 bits per heavy atom. The van der Waals surface area contributed by atoms with E-state index in [9.17, 15) is 21.6 Å². The highest BCUT2D eigenvalue weighted by molar-refractivity contribution is 8.13. The largest absolute Gasteiger partial charge is 0.434 e.